The van der Waals surface area contributed by atoms with Crippen LogP contribution in [-0.2, 0) is 0 Å². The van der Waals surface area contributed by atoms with Crippen LogP contribution in [0.3, 0.4) is 0 Å². The lowest BCUT2D eigenvalue weighted by Crippen LogP contribution is -2.26. The molecular weight excluding hydrogens is 198 g/mol. The smallest absolute Gasteiger partial charge is 0.304 e. The van der Waals surface area contributed by atoms with Crippen LogP contribution in [0.15, 0.2) is 18.5 Å². The molecule has 1 aromatic rings. The summed E-state index contributed by atoms with van der Waals surface area (Å²) in [5, 5.41) is 24.5. The molecule has 0 unspecified atom stereocenters. The number of hydrogen-bond donors (Lipinski definition) is 1. The molecule has 0 radical (unpaired) electrons. The fourth-order valence-corrected chi connectivity index (χ4v) is 1.08. The van der Waals surface area contributed by atoms with Gasteiger partial charge in [0.05, 0.1) is 11.0 Å². The van der Waals surface area contributed by atoms with Gasteiger partial charge in [0.25, 0.3) is 0 Å². The minimum Gasteiger partial charge on any atom is -0.619 e. The van der Waals surface area contributed by atoms with Crippen molar-refractivity contribution in [1.82, 2.24) is 0 Å². The van der Waals surface area contributed by atoms with Crippen LogP contribution in [0.25, 0.3) is 0 Å². The minimum atomic E-state index is -0.511. The third-order valence-electron chi connectivity index (χ3n) is 1.81. The number of nitro groups is 1. The second-order valence-electron chi connectivity index (χ2n) is 3.64. The Morgan fingerprint density at radius 3 is 2.80 bits per heavy atom. The van der Waals surface area contributed by atoms with E-state index in [1.807, 2.05) is 13.8 Å². The van der Waals surface area contributed by atoms with Crippen molar-refractivity contribution in [3.05, 3.63) is 33.8 Å². The Hall–Kier alpha value is -1.85. The number of nitrogens with one attached hydrogen (secondary N) is 1. The molecule has 0 saturated heterocycles. The number of pyridine rings is 1. The van der Waals surface area contributed by atoms with Crippen LogP contribution in [0.5, 0.6) is 0 Å². The van der Waals surface area contributed by atoms with Crippen LogP contribution in [-0.4, -0.2) is 11.5 Å². The summed E-state index contributed by atoms with van der Waals surface area (Å²) in [5.41, 5.74) is 0.175. The molecule has 0 aliphatic heterocycles. The van der Waals surface area contributed by atoms with E-state index in [1.165, 1.54) is 12.3 Å². The van der Waals surface area contributed by atoms with Crippen molar-refractivity contribution in [2.45, 2.75) is 13.8 Å². The quantitative estimate of drug-likeness (QED) is 0.352. The van der Waals surface area contributed by atoms with E-state index in [4.69, 9.17) is 0 Å². The van der Waals surface area contributed by atoms with Gasteiger partial charge in [-0.2, -0.15) is 4.73 Å². The van der Waals surface area contributed by atoms with Crippen molar-refractivity contribution in [1.29, 1.82) is 0 Å². The van der Waals surface area contributed by atoms with E-state index in [1.54, 1.807) is 0 Å². The van der Waals surface area contributed by atoms with Crippen molar-refractivity contribution in [3.8, 4) is 0 Å². The summed E-state index contributed by atoms with van der Waals surface area (Å²) in [6, 6.07) is 1.19. The molecule has 0 fully saturated rings. The monoisotopic (exact) mass is 211 g/mol. The van der Waals surface area contributed by atoms with E-state index in [2.05, 4.69) is 5.32 Å². The molecule has 6 nitrogen and oxygen atoms in total. The van der Waals surface area contributed by atoms with Crippen molar-refractivity contribution < 1.29 is 9.65 Å². The maximum absolute atomic E-state index is 11.0. The van der Waals surface area contributed by atoms with Crippen molar-refractivity contribution in [2.24, 2.45) is 5.92 Å². The van der Waals surface area contributed by atoms with Gasteiger partial charge < -0.3 is 10.5 Å². The Morgan fingerprint density at radius 2 is 2.27 bits per heavy atom. The Morgan fingerprint density at radius 1 is 1.60 bits per heavy atom. The Balaban J connectivity index is 2.92. The van der Waals surface area contributed by atoms with Gasteiger partial charge in [-0.05, 0) is 5.92 Å². The van der Waals surface area contributed by atoms with Crippen LogP contribution < -0.4 is 10.0 Å². The first kappa shape index (κ1) is 11.2. The van der Waals surface area contributed by atoms with Crippen LogP contribution in [0.2, 0.25) is 0 Å². The highest BCUT2D eigenvalue weighted by atomic mass is 16.6. The van der Waals surface area contributed by atoms with Gasteiger partial charge in [0.15, 0.2) is 11.9 Å². The summed E-state index contributed by atoms with van der Waals surface area (Å²) < 4.78 is 0.537. The van der Waals surface area contributed by atoms with Gasteiger partial charge in [0, 0.05) is 6.54 Å². The standard InChI is InChI=1S/C9H13N3O3/c1-7(2)5-10-8-6-11(13)4-3-9(8)12(14)15/h3-4,6-7,10H,5H2,1-2H3. The first-order chi connectivity index (χ1) is 7.00. The lowest BCUT2D eigenvalue weighted by molar-refractivity contribution is -0.605. The van der Waals surface area contributed by atoms with Gasteiger partial charge in [-0.3, -0.25) is 10.1 Å². The molecule has 0 aliphatic rings. The number of rotatable bonds is 4. The topological polar surface area (TPSA) is 82.1 Å². The van der Waals surface area contributed by atoms with Gasteiger partial charge >= 0.3 is 5.69 Å². The summed E-state index contributed by atoms with van der Waals surface area (Å²) in [6.07, 6.45) is 2.28. The van der Waals surface area contributed by atoms with Crippen molar-refractivity contribution in [3.63, 3.8) is 0 Å². The van der Waals surface area contributed by atoms with Gasteiger partial charge in [0.2, 0.25) is 6.20 Å². The minimum absolute atomic E-state index is 0.0808. The van der Waals surface area contributed by atoms with E-state index >= 15 is 0 Å². The predicted molar refractivity (Wildman–Crippen MR) is 55.4 cm³/mol. The fourth-order valence-electron chi connectivity index (χ4n) is 1.08. The summed E-state index contributed by atoms with van der Waals surface area (Å²) >= 11 is 0. The number of hydrogen-bond acceptors (Lipinski definition) is 4. The zero-order chi connectivity index (χ0) is 11.4. The third-order valence-corrected chi connectivity index (χ3v) is 1.81. The molecule has 0 atom stereocenters. The third kappa shape index (κ3) is 3.08. The first-order valence-electron chi connectivity index (χ1n) is 4.61. The SMILES string of the molecule is CC(C)CNc1c[n+]([O-])ccc1[N+](=O)[O-]. The molecule has 15 heavy (non-hydrogen) atoms. The normalized spacial score (nSPS) is 10.3. The van der Waals surface area contributed by atoms with Gasteiger partial charge in [-0.25, -0.2) is 0 Å². The van der Waals surface area contributed by atoms with E-state index < -0.39 is 4.92 Å². The Labute approximate surface area is 87.3 Å². The lowest BCUT2D eigenvalue weighted by atomic mass is 10.2. The molecule has 6 heteroatoms. The predicted octanol–water partition coefficient (Wildman–Crippen LogP) is 1.30. The summed E-state index contributed by atoms with van der Waals surface area (Å²) in [5.74, 6) is 0.352. The molecule has 0 aliphatic carbocycles. The number of nitrogens with zero attached hydrogens (tertiary/aromatic N) is 2. The highest BCUT2D eigenvalue weighted by Crippen LogP contribution is 2.21. The highest BCUT2D eigenvalue weighted by Gasteiger charge is 2.16. The van der Waals surface area contributed by atoms with Crippen LogP contribution in [0.1, 0.15) is 13.8 Å². The molecule has 1 heterocycles. The fraction of sp³-hybridized carbons (Fsp3) is 0.444. The first-order valence-corrected chi connectivity index (χ1v) is 4.61. The van der Waals surface area contributed by atoms with Crippen molar-refractivity contribution in [2.75, 3.05) is 11.9 Å². The molecule has 0 saturated carbocycles. The lowest BCUT2D eigenvalue weighted by Gasteiger charge is -2.08. The van der Waals surface area contributed by atoms with E-state index in [-0.39, 0.29) is 11.4 Å². The molecule has 0 aromatic carbocycles. The second kappa shape index (κ2) is 4.59. The maximum atomic E-state index is 11.0. The summed E-state index contributed by atoms with van der Waals surface area (Å²) in [7, 11) is 0. The van der Waals surface area contributed by atoms with Gasteiger partial charge in [0.1, 0.15) is 0 Å². The maximum Gasteiger partial charge on any atom is 0.304 e. The molecule has 1 N–H and O–H groups in total. The Bertz CT molecular complexity index is 366. The summed E-state index contributed by atoms with van der Waals surface area (Å²) in [4.78, 5) is 10.1. The molecule has 0 bridgehead atoms. The van der Waals surface area contributed by atoms with Gasteiger partial charge in [-0.1, -0.05) is 13.8 Å². The van der Waals surface area contributed by atoms with Crippen LogP contribution >= 0.6 is 0 Å². The van der Waals surface area contributed by atoms with Crippen LogP contribution in [0, 0.1) is 21.2 Å². The Kier molecular flexibility index (Phi) is 3.43. The second-order valence-corrected chi connectivity index (χ2v) is 3.64. The molecule has 82 valence electrons. The zero-order valence-corrected chi connectivity index (χ0v) is 8.64. The molecule has 0 spiro atoms. The zero-order valence-electron chi connectivity index (χ0n) is 8.64. The highest BCUT2D eigenvalue weighted by molar-refractivity contribution is 5.58. The number of aromatic nitrogens is 1. The molecule has 1 aromatic heterocycles. The average Bonchev–Trinajstić information content (AvgIpc) is 2.14. The average molecular weight is 211 g/mol. The molecular formula is C9H13N3O3. The largest absolute Gasteiger partial charge is 0.619 e. The summed E-state index contributed by atoms with van der Waals surface area (Å²) in [6.45, 7) is 4.55. The van der Waals surface area contributed by atoms with E-state index in [9.17, 15) is 15.3 Å². The van der Waals surface area contributed by atoms with E-state index in [0.717, 1.165) is 6.20 Å². The van der Waals surface area contributed by atoms with E-state index in [0.29, 0.717) is 17.2 Å². The van der Waals surface area contributed by atoms with Crippen LogP contribution in [0.4, 0.5) is 11.4 Å². The van der Waals surface area contributed by atoms with Crippen molar-refractivity contribution >= 4 is 11.4 Å². The molecule has 0 amide bonds. The molecule has 1 rings (SSSR count). The van der Waals surface area contributed by atoms with Gasteiger partial charge in [-0.15, -0.1) is 0 Å². The number of anilines is 1.